The molecule has 1 unspecified atom stereocenters. The minimum absolute atomic E-state index is 0.158. The van der Waals surface area contributed by atoms with Gasteiger partial charge in [-0.1, -0.05) is 0 Å². The van der Waals surface area contributed by atoms with Crippen LogP contribution < -0.4 is 15.5 Å². The van der Waals surface area contributed by atoms with Crippen LogP contribution in [0, 0.1) is 0 Å². The molecule has 1 amide bonds. The van der Waals surface area contributed by atoms with Gasteiger partial charge in [0.15, 0.2) is 11.6 Å². The number of carbonyl (C=O) groups excluding carboxylic acids is 1. The van der Waals surface area contributed by atoms with Crippen molar-refractivity contribution in [3.63, 3.8) is 0 Å². The Bertz CT molecular complexity index is 992. The zero-order chi connectivity index (χ0) is 18.4. The lowest BCUT2D eigenvalue weighted by Gasteiger charge is -2.20. The zero-order valence-electron chi connectivity index (χ0n) is 14.6. The lowest BCUT2D eigenvalue weighted by molar-refractivity contribution is 0.0946. The number of carbonyl (C=O) groups is 1. The molecule has 27 heavy (non-hydrogen) atoms. The molecule has 0 bridgehead atoms. The molecule has 2 fully saturated rings. The molecule has 10 nitrogen and oxygen atoms in total. The molecule has 10 heteroatoms. The number of amides is 1. The van der Waals surface area contributed by atoms with E-state index in [1.54, 1.807) is 15.5 Å². The first kappa shape index (κ1) is 16.1. The summed E-state index contributed by atoms with van der Waals surface area (Å²) in [5.74, 6) is 1.35. The Labute approximate surface area is 154 Å². The van der Waals surface area contributed by atoms with Gasteiger partial charge >= 0.3 is 0 Å². The summed E-state index contributed by atoms with van der Waals surface area (Å²) in [6, 6.07) is 5.70. The van der Waals surface area contributed by atoms with Crippen LogP contribution in [0.3, 0.4) is 0 Å². The molecule has 1 saturated carbocycles. The number of hydrogen-bond acceptors (Lipinski definition) is 7. The fraction of sp³-hybridized carbons (Fsp3) is 0.412. The van der Waals surface area contributed by atoms with E-state index in [1.165, 1.54) is 0 Å². The van der Waals surface area contributed by atoms with Gasteiger partial charge in [0, 0.05) is 24.8 Å². The molecule has 4 N–H and O–H groups in total. The Balaban J connectivity index is 1.43. The van der Waals surface area contributed by atoms with Crippen molar-refractivity contribution in [3.8, 4) is 0 Å². The number of aromatic nitrogens is 5. The van der Waals surface area contributed by atoms with Gasteiger partial charge in [0.05, 0.1) is 0 Å². The molecular weight excluding hydrogens is 348 g/mol. The maximum atomic E-state index is 12.1. The average molecular weight is 368 g/mol. The molecule has 3 aromatic rings. The second kappa shape index (κ2) is 6.23. The van der Waals surface area contributed by atoms with Crippen molar-refractivity contribution in [3.05, 3.63) is 30.1 Å². The third-order valence-electron chi connectivity index (χ3n) is 4.84. The van der Waals surface area contributed by atoms with Crippen molar-refractivity contribution in [1.29, 1.82) is 0 Å². The predicted molar refractivity (Wildman–Crippen MR) is 97.9 cm³/mol. The predicted octanol–water partition coefficient (Wildman–Crippen LogP) is 1.01. The number of aromatic amines is 1. The molecule has 3 aromatic heterocycles. The lowest BCUT2D eigenvalue weighted by atomic mass is 10.4. The summed E-state index contributed by atoms with van der Waals surface area (Å²) < 4.78 is 1.71. The number of anilines is 3. The standard InChI is InChI=1S/C17H20N8O2/c26-14-4-2-7-24(14)17-20-15(12-3-1-8-25(12)23-17)19-13-9-11(21-22-13)16(27)18-10-5-6-10/h1,3,8-10,14,26H,2,4-7H2,(H,18,27)(H2,19,20,21,22,23). The van der Waals surface area contributed by atoms with Gasteiger partial charge in [-0.25, -0.2) is 4.52 Å². The second-order valence-corrected chi connectivity index (χ2v) is 6.95. The van der Waals surface area contributed by atoms with Crippen molar-refractivity contribution >= 4 is 29.0 Å². The number of nitrogens with one attached hydrogen (secondary N) is 3. The molecule has 0 aromatic carbocycles. The molecule has 1 atom stereocenters. The molecule has 0 spiro atoms. The number of aliphatic hydroxyl groups is 1. The summed E-state index contributed by atoms with van der Waals surface area (Å²) in [6.07, 6.45) is 4.92. The van der Waals surface area contributed by atoms with Crippen molar-refractivity contribution < 1.29 is 9.90 Å². The van der Waals surface area contributed by atoms with Crippen molar-refractivity contribution in [1.82, 2.24) is 30.1 Å². The smallest absolute Gasteiger partial charge is 0.269 e. The summed E-state index contributed by atoms with van der Waals surface area (Å²) in [7, 11) is 0. The van der Waals surface area contributed by atoms with Crippen LogP contribution in [-0.4, -0.2) is 54.6 Å². The van der Waals surface area contributed by atoms with Gasteiger partial charge in [0.1, 0.15) is 17.4 Å². The van der Waals surface area contributed by atoms with Gasteiger partial charge < -0.3 is 20.6 Å². The maximum Gasteiger partial charge on any atom is 0.269 e. The number of aliphatic hydroxyl groups excluding tert-OH is 1. The summed E-state index contributed by atoms with van der Waals surface area (Å²) in [5, 5.41) is 27.6. The van der Waals surface area contributed by atoms with E-state index in [4.69, 9.17) is 0 Å². The van der Waals surface area contributed by atoms with Crippen LogP contribution in [0.15, 0.2) is 24.4 Å². The first-order chi connectivity index (χ1) is 13.2. The summed E-state index contributed by atoms with van der Waals surface area (Å²) in [4.78, 5) is 18.5. The van der Waals surface area contributed by atoms with E-state index in [-0.39, 0.29) is 11.9 Å². The van der Waals surface area contributed by atoms with Crippen LogP contribution >= 0.6 is 0 Å². The normalized spacial score (nSPS) is 19.6. The maximum absolute atomic E-state index is 12.1. The first-order valence-corrected chi connectivity index (χ1v) is 9.11. The van der Waals surface area contributed by atoms with Gasteiger partial charge in [0.25, 0.3) is 5.91 Å². The minimum Gasteiger partial charge on any atom is -0.374 e. The number of rotatable bonds is 5. The summed E-state index contributed by atoms with van der Waals surface area (Å²) >= 11 is 0. The van der Waals surface area contributed by atoms with Gasteiger partial charge in [-0.3, -0.25) is 9.89 Å². The molecule has 2 aliphatic rings. The number of fused-ring (bicyclic) bond motifs is 1. The molecule has 4 heterocycles. The third kappa shape index (κ3) is 3.08. The van der Waals surface area contributed by atoms with Gasteiger partial charge in [-0.05, 0) is 37.8 Å². The first-order valence-electron chi connectivity index (χ1n) is 9.11. The fourth-order valence-corrected chi connectivity index (χ4v) is 3.23. The van der Waals surface area contributed by atoms with Crippen LogP contribution in [0.2, 0.25) is 0 Å². The Kier molecular flexibility index (Phi) is 3.71. The molecule has 1 saturated heterocycles. The van der Waals surface area contributed by atoms with Crippen molar-refractivity contribution in [2.45, 2.75) is 38.0 Å². The Morgan fingerprint density at radius 3 is 3.00 bits per heavy atom. The fourth-order valence-electron chi connectivity index (χ4n) is 3.23. The Morgan fingerprint density at radius 2 is 2.22 bits per heavy atom. The average Bonchev–Trinajstić information content (AvgIpc) is 3.06. The molecule has 1 aliphatic carbocycles. The highest BCUT2D eigenvalue weighted by Gasteiger charge is 2.26. The van der Waals surface area contributed by atoms with Crippen molar-refractivity contribution in [2.75, 3.05) is 16.8 Å². The summed E-state index contributed by atoms with van der Waals surface area (Å²) in [6.45, 7) is 0.710. The zero-order valence-corrected chi connectivity index (χ0v) is 14.6. The SMILES string of the molecule is O=C(NC1CC1)c1cc(Nc2nc(N3CCCC3O)nn3cccc23)n[nH]1. The number of nitrogens with zero attached hydrogens (tertiary/aromatic N) is 5. The Morgan fingerprint density at radius 1 is 1.33 bits per heavy atom. The lowest BCUT2D eigenvalue weighted by Crippen LogP contribution is -2.31. The topological polar surface area (TPSA) is 123 Å². The monoisotopic (exact) mass is 368 g/mol. The van der Waals surface area contributed by atoms with Gasteiger partial charge in [0.2, 0.25) is 5.95 Å². The number of H-pyrrole nitrogens is 1. The van der Waals surface area contributed by atoms with Gasteiger partial charge in [-0.2, -0.15) is 10.1 Å². The molecule has 1 aliphatic heterocycles. The largest absolute Gasteiger partial charge is 0.374 e. The van der Waals surface area contributed by atoms with E-state index >= 15 is 0 Å². The summed E-state index contributed by atoms with van der Waals surface area (Å²) in [5.41, 5.74) is 1.18. The highest BCUT2D eigenvalue weighted by molar-refractivity contribution is 5.93. The van der Waals surface area contributed by atoms with Gasteiger partial charge in [-0.15, -0.1) is 5.10 Å². The molecule has 0 radical (unpaired) electrons. The van der Waals surface area contributed by atoms with Crippen LogP contribution in [0.25, 0.3) is 5.52 Å². The van der Waals surface area contributed by atoms with Crippen LogP contribution in [0.4, 0.5) is 17.6 Å². The van der Waals surface area contributed by atoms with Crippen molar-refractivity contribution in [2.24, 2.45) is 0 Å². The van der Waals surface area contributed by atoms with E-state index in [0.717, 1.165) is 24.8 Å². The van der Waals surface area contributed by atoms with E-state index in [0.29, 0.717) is 36.2 Å². The van der Waals surface area contributed by atoms with Crippen LogP contribution in [0.1, 0.15) is 36.2 Å². The van der Waals surface area contributed by atoms with E-state index in [9.17, 15) is 9.90 Å². The molecular formula is C17H20N8O2. The minimum atomic E-state index is -0.575. The second-order valence-electron chi connectivity index (χ2n) is 6.95. The van der Waals surface area contributed by atoms with E-state index in [1.807, 2.05) is 18.3 Å². The van der Waals surface area contributed by atoms with Crippen LogP contribution in [0.5, 0.6) is 0 Å². The highest BCUT2D eigenvalue weighted by atomic mass is 16.3. The molecule has 5 rings (SSSR count). The quantitative estimate of drug-likeness (QED) is 0.530. The van der Waals surface area contributed by atoms with Crippen LogP contribution in [-0.2, 0) is 0 Å². The number of hydrogen-bond donors (Lipinski definition) is 4. The molecule has 140 valence electrons. The third-order valence-corrected chi connectivity index (χ3v) is 4.84. The van der Waals surface area contributed by atoms with E-state index in [2.05, 4.69) is 30.9 Å². The van der Waals surface area contributed by atoms with E-state index < -0.39 is 6.23 Å². The highest BCUT2D eigenvalue weighted by Crippen LogP contribution is 2.26. The Hall–Kier alpha value is -3.14.